The Kier molecular flexibility index (Phi) is 2.67. The highest BCUT2D eigenvalue weighted by atomic mass is 79.9. The van der Waals surface area contributed by atoms with E-state index < -0.39 is 0 Å². The maximum Gasteiger partial charge on any atom is 0.0357 e. The van der Waals surface area contributed by atoms with Gasteiger partial charge in [0.05, 0.1) is 0 Å². The first-order chi connectivity index (χ1) is 6.31. The number of hydrogen-bond donors (Lipinski definition) is 1. The first kappa shape index (κ1) is 9.19. The zero-order valence-corrected chi connectivity index (χ0v) is 9.71. The number of hydrogen-bond acceptors (Lipinski definition) is 2. The maximum atomic E-state index is 3.47. The van der Waals surface area contributed by atoms with Crippen LogP contribution in [0.25, 0.3) is 10.1 Å². The number of nitrogens with one attached hydrogen (secondary N) is 1. The van der Waals surface area contributed by atoms with Crippen molar-refractivity contribution in [3.05, 3.63) is 33.6 Å². The fourth-order valence-electron chi connectivity index (χ4n) is 1.38. The summed E-state index contributed by atoms with van der Waals surface area (Å²) in [7, 11) is 1.97. The summed E-state index contributed by atoms with van der Waals surface area (Å²) in [6, 6.07) is 6.43. The molecule has 1 heterocycles. The predicted octanol–water partition coefficient (Wildman–Crippen LogP) is 3.38. The lowest BCUT2D eigenvalue weighted by atomic mass is 10.2. The summed E-state index contributed by atoms with van der Waals surface area (Å²) < 4.78 is 2.50. The van der Waals surface area contributed by atoms with Crippen LogP contribution in [0.1, 0.15) is 5.56 Å². The van der Waals surface area contributed by atoms with Crippen molar-refractivity contribution < 1.29 is 0 Å². The molecule has 3 heteroatoms. The number of fused-ring (bicyclic) bond motifs is 1. The molecule has 2 rings (SSSR count). The van der Waals surface area contributed by atoms with Crippen molar-refractivity contribution in [2.45, 2.75) is 6.54 Å². The molecule has 0 radical (unpaired) electrons. The standard InChI is InChI=1S/C10H10BrNS/c1-12-5-7-6-13-10-4-8(11)2-3-9(7)10/h2-4,6,12H,5H2,1H3. The summed E-state index contributed by atoms with van der Waals surface area (Å²) in [6.07, 6.45) is 0. The van der Waals surface area contributed by atoms with Gasteiger partial charge in [0.15, 0.2) is 0 Å². The molecule has 1 N–H and O–H groups in total. The SMILES string of the molecule is CNCc1csc2cc(Br)ccc12. The van der Waals surface area contributed by atoms with E-state index in [0.717, 1.165) is 11.0 Å². The van der Waals surface area contributed by atoms with Gasteiger partial charge < -0.3 is 5.32 Å². The Bertz CT molecular complexity index is 422. The third-order valence-electron chi connectivity index (χ3n) is 1.98. The van der Waals surface area contributed by atoms with E-state index in [2.05, 4.69) is 44.8 Å². The number of rotatable bonds is 2. The summed E-state index contributed by atoms with van der Waals surface area (Å²) in [6.45, 7) is 0.946. The minimum absolute atomic E-state index is 0.946. The van der Waals surface area contributed by atoms with Gasteiger partial charge in [0.2, 0.25) is 0 Å². The zero-order valence-electron chi connectivity index (χ0n) is 7.30. The van der Waals surface area contributed by atoms with Crippen LogP contribution in [0.3, 0.4) is 0 Å². The molecule has 0 saturated heterocycles. The quantitative estimate of drug-likeness (QED) is 0.868. The van der Waals surface area contributed by atoms with Gasteiger partial charge in [0.1, 0.15) is 0 Å². The van der Waals surface area contributed by atoms with E-state index >= 15 is 0 Å². The van der Waals surface area contributed by atoms with Gasteiger partial charge in [-0.25, -0.2) is 0 Å². The largest absolute Gasteiger partial charge is 0.316 e. The van der Waals surface area contributed by atoms with Crippen LogP contribution in [-0.2, 0) is 6.54 Å². The number of benzene rings is 1. The lowest BCUT2D eigenvalue weighted by Crippen LogP contribution is -2.03. The lowest BCUT2D eigenvalue weighted by Gasteiger charge is -1.97. The molecule has 0 unspecified atom stereocenters. The van der Waals surface area contributed by atoms with Crippen molar-refractivity contribution in [3.63, 3.8) is 0 Å². The third-order valence-corrected chi connectivity index (χ3v) is 3.47. The van der Waals surface area contributed by atoms with E-state index in [1.165, 1.54) is 15.6 Å². The van der Waals surface area contributed by atoms with Gasteiger partial charge >= 0.3 is 0 Å². The van der Waals surface area contributed by atoms with Gasteiger partial charge in [0.25, 0.3) is 0 Å². The average Bonchev–Trinajstić information content (AvgIpc) is 2.49. The van der Waals surface area contributed by atoms with Gasteiger partial charge in [-0.1, -0.05) is 22.0 Å². The third kappa shape index (κ3) is 1.77. The number of thiophene rings is 1. The Balaban J connectivity index is 2.55. The molecule has 0 atom stereocenters. The van der Waals surface area contributed by atoms with Crippen LogP contribution in [0, 0.1) is 0 Å². The second-order valence-electron chi connectivity index (χ2n) is 2.93. The van der Waals surface area contributed by atoms with Gasteiger partial charge in [0, 0.05) is 15.7 Å². The van der Waals surface area contributed by atoms with E-state index in [4.69, 9.17) is 0 Å². The summed E-state index contributed by atoms with van der Waals surface area (Å²) in [5.41, 5.74) is 1.38. The molecule has 1 aromatic heterocycles. The Labute approximate surface area is 89.9 Å². The Morgan fingerprint density at radius 3 is 3.08 bits per heavy atom. The molecular weight excluding hydrogens is 246 g/mol. The van der Waals surface area contributed by atoms with E-state index in [-0.39, 0.29) is 0 Å². The predicted molar refractivity (Wildman–Crippen MR) is 62.3 cm³/mol. The fourth-order valence-corrected chi connectivity index (χ4v) is 2.90. The maximum absolute atomic E-state index is 3.47. The van der Waals surface area contributed by atoms with Crippen LogP contribution >= 0.6 is 27.3 Å². The molecule has 0 saturated carbocycles. The minimum Gasteiger partial charge on any atom is -0.316 e. The van der Waals surface area contributed by atoms with Crippen molar-refractivity contribution in [1.82, 2.24) is 5.32 Å². The molecule has 13 heavy (non-hydrogen) atoms. The van der Waals surface area contributed by atoms with E-state index in [9.17, 15) is 0 Å². The van der Waals surface area contributed by atoms with Crippen LogP contribution < -0.4 is 5.32 Å². The van der Waals surface area contributed by atoms with Crippen molar-refractivity contribution in [1.29, 1.82) is 0 Å². The van der Waals surface area contributed by atoms with Gasteiger partial charge in [-0.3, -0.25) is 0 Å². The normalized spacial score (nSPS) is 10.9. The lowest BCUT2D eigenvalue weighted by molar-refractivity contribution is 0.826. The van der Waals surface area contributed by atoms with Crippen molar-refractivity contribution in [2.75, 3.05) is 7.05 Å². The zero-order chi connectivity index (χ0) is 9.26. The van der Waals surface area contributed by atoms with Gasteiger partial charge in [-0.05, 0) is 35.5 Å². The highest BCUT2D eigenvalue weighted by molar-refractivity contribution is 9.10. The fraction of sp³-hybridized carbons (Fsp3) is 0.200. The second kappa shape index (κ2) is 3.78. The first-order valence-electron chi connectivity index (χ1n) is 4.11. The van der Waals surface area contributed by atoms with Crippen LogP contribution in [-0.4, -0.2) is 7.05 Å². The second-order valence-corrected chi connectivity index (χ2v) is 4.76. The average molecular weight is 256 g/mol. The summed E-state index contributed by atoms with van der Waals surface area (Å²) in [5, 5.41) is 6.75. The molecule has 0 amide bonds. The molecule has 0 aliphatic carbocycles. The molecule has 0 aliphatic heterocycles. The molecule has 1 aromatic carbocycles. The molecule has 68 valence electrons. The molecular formula is C10H10BrNS. The minimum atomic E-state index is 0.946. The number of halogens is 1. The van der Waals surface area contributed by atoms with E-state index in [0.29, 0.717) is 0 Å². The smallest absolute Gasteiger partial charge is 0.0357 e. The van der Waals surface area contributed by atoms with Crippen LogP contribution in [0.5, 0.6) is 0 Å². The summed E-state index contributed by atoms with van der Waals surface area (Å²) >= 11 is 5.27. The Morgan fingerprint density at radius 1 is 1.46 bits per heavy atom. The summed E-state index contributed by atoms with van der Waals surface area (Å²) in [4.78, 5) is 0. The molecule has 0 spiro atoms. The molecule has 0 bridgehead atoms. The Hall–Kier alpha value is -0.380. The molecule has 0 fully saturated rings. The van der Waals surface area contributed by atoms with E-state index in [1.807, 2.05) is 7.05 Å². The van der Waals surface area contributed by atoms with Crippen molar-refractivity contribution >= 4 is 37.4 Å². The van der Waals surface area contributed by atoms with Gasteiger partial charge in [-0.15, -0.1) is 11.3 Å². The van der Waals surface area contributed by atoms with Gasteiger partial charge in [-0.2, -0.15) is 0 Å². The first-order valence-corrected chi connectivity index (χ1v) is 5.79. The van der Waals surface area contributed by atoms with Crippen LogP contribution in [0.2, 0.25) is 0 Å². The topological polar surface area (TPSA) is 12.0 Å². The molecule has 1 nitrogen and oxygen atoms in total. The summed E-state index contributed by atoms with van der Waals surface area (Å²) in [5.74, 6) is 0. The van der Waals surface area contributed by atoms with Crippen LogP contribution in [0.4, 0.5) is 0 Å². The van der Waals surface area contributed by atoms with Crippen LogP contribution in [0.15, 0.2) is 28.1 Å². The Morgan fingerprint density at radius 2 is 2.31 bits per heavy atom. The van der Waals surface area contributed by atoms with Crippen molar-refractivity contribution in [3.8, 4) is 0 Å². The highest BCUT2D eigenvalue weighted by Crippen LogP contribution is 2.28. The highest BCUT2D eigenvalue weighted by Gasteiger charge is 2.02. The molecule has 0 aliphatic rings. The molecule has 2 aromatic rings. The van der Waals surface area contributed by atoms with E-state index in [1.54, 1.807) is 11.3 Å². The monoisotopic (exact) mass is 255 g/mol. The van der Waals surface area contributed by atoms with Crippen molar-refractivity contribution in [2.24, 2.45) is 0 Å².